The monoisotopic (exact) mass is 459 g/mol. The van der Waals surface area contributed by atoms with Crippen LogP contribution in [0.4, 0.5) is 11.8 Å². The molecule has 2 heterocycles. The van der Waals surface area contributed by atoms with Crippen LogP contribution in [0.2, 0.25) is 0 Å². The molecule has 0 unspecified atom stereocenters. The van der Waals surface area contributed by atoms with Gasteiger partial charge in [0.05, 0.1) is 5.52 Å². The zero-order chi connectivity index (χ0) is 22.6. The van der Waals surface area contributed by atoms with Gasteiger partial charge in [0.25, 0.3) is 0 Å². The van der Waals surface area contributed by atoms with Crippen molar-refractivity contribution < 1.29 is 0 Å². The molecule has 4 aromatic rings. The van der Waals surface area contributed by atoms with Gasteiger partial charge in [-0.25, -0.2) is 4.98 Å². The molecule has 2 N–H and O–H groups in total. The molecule has 6 heteroatoms. The molecular weight excluding hydrogens is 426 g/mol. The normalized spacial score (nSPS) is 18.6. The van der Waals surface area contributed by atoms with Crippen molar-refractivity contribution >= 4 is 44.1 Å². The third-order valence-electron chi connectivity index (χ3n) is 6.75. The summed E-state index contributed by atoms with van der Waals surface area (Å²) in [4.78, 5) is 11.7. The van der Waals surface area contributed by atoms with E-state index in [1.54, 1.807) is 0 Å². The molecule has 0 bridgehead atoms. The Morgan fingerprint density at radius 2 is 1.70 bits per heavy atom. The Bertz CT molecular complexity index is 1210. The van der Waals surface area contributed by atoms with Gasteiger partial charge in [-0.1, -0.05) is 30.3 Å². The van der Waals surface area contributed by atoms with Crippen LogP contribution in [0.15, 0.2) is 53.9 Å². The van der Waals surface area contributed by atoms with Crippen molar-refractivity contribution in [2.75, 3.05) is 37.4 Å². The van der Waals surface area contributed by atoms with Gasteiger partial charge in [-0.3, -0.25) is 0 Å². The minimum Gasteiger partial charge on any atom is -0.362 e. The first kappa shape index (κ1) is 22.1. The van der Waals surface area contributed by atoms with Crippen LogP contribution in [0.1, 0.15) is 31.2 Å². The number of hydrogen-bond donors (Lipinski definition) is 2. The Morgan fingerprint density at radius 3 is 2.52 bits per heavy atom. The number of anilines is 2. The van der Waals surface area contributed by atoms with E-state index in [-0.39, 0.29) is 0 Å². The Kier molecular flexibility index (Phi) is 6.74. The van der Waals surface area contributed by atoms with E-state index in [9.17, 15) is 0 Å². The van der Waals surface area contributed by atoms with Crippen molar-refractivity contribution in [2.24, 2.45) is 5.92 Å². The molecule has 1 aliphatic rings. The van der Waals surface area contributed by atoms with E-state index < -0.39 is 0 Å². The highest BCUT2D eigenvalue weighted by Crippen LogP contribution is 2.29. The van der Waals surface area contributed by atoms with Gasteiger partial charge in [-0.05, 0) is 85.6 Å². The molecule has 1 fully saturated rings. The number of rotatable bonds is 8. The first-order valence-corrected chi connectivity index (χ1v) is 12.9. The molecular formula is C27H33N5S. The van der Waals surface area contributed by atoms with Gasteiger partial charge in [0.15, 0.2) is 0 Å². The molecule has 2 aromatic carbocycles. The lowest BCUT2D eigenvalue weighted by Gasteiger charge is -2.29. The molecule has 1 saturated carbocycles. The standard InChI is InChI=1S/C27H33N5S/c1-32(2)26-23-8-3-5-9-24(23)30-27(31-26)29-21-13-11-19(12-14-21)17-28-16-15-20-18-33-25-10-6-4-7-22(20)25/h3-10,18-19,21,28H,11-17H2,1-2H3,(H,29,30,31)/t19-,21+. The quantitative estimate of drug-likeness (QED) is 0.330. The minimum atomic E-state index is 0.453. The summed E-state index contributed by atoms with van der Waals surface area (Å²) in [6, 6.07) is 17.4. The summed E-state index contributed by atoms with van der Waals surface area (Å²) in [5, 5.41) is 12.2. The van der Waals surface area contributed by atoms with E-state index in [0.717, 1.165) is 48.1 Å². The lowest BCUT2D eigenvalue weighted by atomic mass is 9.86. The maximum absolute atomic E-state index is 4.81. The van der Waals surface area contributed by atoms with E-state index in [2.05, 4.69) is 57.3 Å². The van der Waals surface area contributed by atoms with Crippen LogP contribution in [0.3, 0.4) is 0 Å². The van der Waals surface area contributed by atoms with Crippen LogP contribution in [-0.2, 0) is 6.42 Å². The molecule has 2 aromatic heterocycles. The minimum absolute atomic E-state index is 0.453. The van der Waals surface area contributed by atoms with Crippen LogP contribution in [-0.4, -0.2) is 43.2 Å². The Labute approximate surface area is 200 Å². The van der Waals surface area contributed by atoms with Crippen molar-refractivity contribution in [1.29, 1.82) is 0 Å². The predicted octanol–water partition coefficient (Wildman–Crippen LogP) is 5.71. The average molecular weight is 460 g/mol. The molecule has 0 amide bonds. The van der Waals surface area contributed by atoms with Gasteiger partial charge in [0, 0.05) is 30.2 Å². The van der Waals surface area contributed by atoms with E-state index in [0.29, 0.717) is 6.04 Å². The lowest BCUT2D eigenvalue weighted by Crippen LogP contribution is -2.32. The van der Waals surface area contributed by atoms with Gasteiger partial charge < -0.3 is 15.5 Å². The maximum atomic E-state index is 4.81. The highest BCUT2D eigenvalue weighted by atomic mass is 32.1. The lowest BCUT2D eigenvalue weighted by molar-refractivity contribution is 0.325. The van der Waals surface area contributed by atoms with E-state index in [1.165, 1.54) is 41.3 Å². The maximum Gasteiger partial charge on any atom is 0.225 e. The number of nitrogens with one attached hydrogen (secondary N) is 2. The van der Waals surface area contributed by atoms with Gasteiger partial charge in [-0.15, -0.1) is 11.3 Å². The number of aromatic nitrogens is 2. The second kappa shape index (κ2) is 10.1. The molecule has 5 nitrogen and oxygen atoms in total. The number of benzene rings is 2. The average Bonchev–Trinajstić information content (AvgIpc) is 3.25. The molecule has 33 heavy (non-hydrogen) atoms. The first-order valence-electron chi connectivity index (χ1n) is 12.0. The molecule has 0 radical (unpaired) electrons. The van der Waals surface area contributed by atoms with Crippen LogP contribution in [0.25, 0.3) is 21.0 Å². The summed E-state index contributed by atoms with van der Waals surface area (Å²) in [5.74, 6) is 2.48. The summed E-state index contributed by atoms with van der Waals surface area (Å²) >= 11 is 1.86. The smallest absolute Gasteiger partial charge is 0.225 e. The molecule has 0 aliphatic heterocycles. The van der Waals surface area contributed by atoms with Crippen molar-refractivity contribution in [2.45, 2.75) is 38.1 Å². The van der Waals surface area contributed by atoms with Crippen molar-refractivity contribution in [3.63, 3.8) is 0 Å². The highest BCUT2D eigenvalue weighted by molar-refractivity contribution is 7.17. The number of fused-ring (bicyclic) bond motifs is 2. The fraction of sp³-hybridized carbons (Fsp3) is 0.407. The highest BCUT2D eigenvalue weighted by Gasteiger charge is 2.22. The number of thiophene rings is 1. The molecule has 0 spiro atoms. The largest absolute Gasteiger partial charge is 0.362 e. The van der Waals surface area contributed by atoms with Crippen LogP contribution < -0.4 is 15.5 Å². The fourth-order valence-corrected chi connectivity index (χ4v) is 5.91. The molecule has 5 rings (SSSR count). The predicted molar refractivity (Wildman–Crippen MR) is 142 cm³/mol. The van der Waals surface area contributed by atoms with Gasteiger partial charge in [-0.2, -0.15) is 4.98 Å². The summed E-state index contributed by atoms with van der Waals surface area (Å²) in [6.45, 7) is 2.17. The van der Waals surface area contributed by atoms with Crippen molar-refractivity contribution in [1.82, 2.24) is 15.3 Å². The topological polar surface area (TPSA) is 53.1 Å². The van der Waals surface area contributed by atoms with Crippen molar-refractivity contribution in [3.05, 3.63) is 59.5 Å². The fourth-order valence-electron chi connectivity index (χ4n) is 4.91. The SMILES string of the molecule is CN(C)c1nc(N[C@H]2CC[C@@H](CNCCc3csc4ccccc34)CC2)nc2ccccc12. The van der Waals surface area contributed by atoms with E-state index in [1.807, 2.05) is 37.6 Å². The van der Waals surface area contributed by atoms with E-state index >= 15 is 0 Å². The van der Waals surface area contributed by atoms with Crippen LogP contribution >= 0.6 is 11.3 Å². The van der Waals surface area contributed by atoms with Crippen LogP contribution in [0.5, 0.6) is 0 Å². The Hall–Kier alpha value is -2.70. The van der Waals surface area contributed by atoms with Gasteiger partial charge in [0.2, 0.25) is 5.95 Å². The second-order valence-corrected chi connectivity index (χ2v) is 10.3. The number of para-hydroxylation sites is 1. The summed E-state index contributed by atoms with van der Waals surface area (Å²) in [5.41, 5.74) is 2.47. The molecule has 0 atom stereocenters. The van der Waals surface area contributed by atoms with E-state index in [4.69, 9.17) is 9.97 Å². The number of nitrogens with zero attached hydrogens (tertiary/aromatic N) is 3. The number of hydrogen-bond acceptors (Lipinski definition) is 6. The third kappa shape index (κ3) is 5.12. The summed E-state index contributed by atoms with van der Waals surface area (Å²) < 4.78 is 1.39. The Morgan fingerprint density at radius 1 is 0.939 bits per heavy atom. The first-order chi connectivity index (χ1) is 16.2. The van der Waals surface area contributed by atoms with Gasteiger partial charge in [0.1, 0.15) is 5.82 Å². The molecule has 172 valence electrons. The zero-order valence-corrected chi connectivity index (χ0v) is 20.4. The van der Waals surface area contributed by atoms with Gasteiger partial charge >= 0.3 is 0 Å². The second-order valence-electron chi connectivity index (χ2n) is 9.36. The molecule has 0 saturated heterocycles. The summed E-state index contributed by atoms with van der Waals surface area (Å²) in [6.07, 6.45) is 5.96. The third-order valence-corrected chi connectivity index (χ3v) is 7.76. The zero-order valence-electron chi connectivity index (χ0n) is 19.6. The summed E-state index contributed by atoms with van der Waals surface area (Å²) in [7, 11) is 4.08. The van der Waals surface area contributed by atoms with Crippen molar-refractivity contribution in [3.8, 4) is 0 Å². The Balaban J connectivity index is 1.10. The van der Waals surface area contributed by atoms with Crippen LogP contribution in [0, 0.1) is 5.92 Å². The molecule has 1 aliphatic carbocycles.